The lowest BCUT2D eigenvalue weighted by Gasteiger charge is -2.11. The van der Waals surface area contributed by atoms with Crippen LogP contribution in [0, 0.1) is 11.3 Å². The number of hydrogen-bond acceptors (Lipinski definition) is 6. The van der Waals surface area contributed by atoms with E-state index in [1.54, 1.807) is 0 Å². The standard InChI is InChI=1S/C14H12BrN3O4S/c1-22-14(19)13-12(17)8(6-16)7-18(13)11-4-3-9(5-10(11)15)23(2,20)21/h3-5,7H,17H2,1-2H3. The molecule has 0 amide bonds. The van der Waals surface area contributed by atoms with E-state index in [2.05, 4.69) is 15.9 Å². The Morgan fingerprint density at radius 2 is 2.09 bits per heavy atom. The number of carbonyl (C=O) groups excluding carboxylic acids is 1. The summed E-state index contributed by atoms with van der Waals surface area (Å²) in [5.74, 6) is -0.705. The summed E-state index contributed by atoms with van der Waals surface area (Å²) < 4.78 is 29.7. The van der Waals surface area contributed by atoms with Crippen molar-refractivity contribution in [3.8, 4) is 11.8 Å². The zero-order valence-corrected chi connectivity index (χ0v) is 14.6. The lowest BCUT2D eigenvalue weighted by Crippen LogP contribution is -2.11. The SMILES string of the molecule is COC(=O)c1c(N)c(C#N)cn1-c1ccc(S(C)(=O)=O)cc1Br. The van der Waals surface area contributed by atoms with Gasteiger partial charge in [-0.3, -0.25) is 0 Å². The van der Waals surface area contributed by atoms with E-state index < -0.39 is 15.8 Å². The minimum atomic E-state index is -3.37. The number of carbonyl (C=O) groups is 1. The number of anilines is 1. The molecule has 2 rings (SSSR count). The number of rotatable bonds is 3. The second-order valence-electron chi connectivity index (χ2n) is 4.66. The first-order valence-electron chi connectivity index (χ1n) is 6.20. The lowest BCUT2D eigenvalue weighted by atomic mass is 10.2. The van der Waals surface area contributed by atoms with Gasteiger partial charge in [0, 0.05) is 16.9 Å². The molecule has 2 aromatic rings. The number of aromatic nitrogens is 1. The van der Waals surface area contributed by atoms with Crippen LogP contribution < -0.4 is 5.73 Å². The molecule has 0 saturated carbocycles. The number of methoxy groups -OCH3 is 1. The zero-order valence-electron chi connectivity index (χ0n) is 12.2. The van der Waals surface area contributed by atoms with Gasteiger partial charge in [-0.1, -0.05) is 0 Å². The number of halogens is 1. The van der Waals surface area contributed by atoms with Gasteiger partial charge in [0.25, 0.3) is 0 Å². The van der Waals surface area contributed by atoms with Crippen molar-refractivity contribution in [2.75, 3.05) is 19.1 Å². The monoisotopic (exact) mass is 397 g/mol. The molecule has 0 aliphatic carbocycles. The number of sulfone groups is 1. The Balaban J connectivity index is 2.73. The van der Waals surface area contributed by atoms with Crippen LogP contribution in [0.4, 0.5) is 5.69 Å². The number of nitriles is 1. The van der Waals surface area contributed by atoms with E-state index in [0.717, 1.165) is 6.26 Å². The van der Waals surface area contributed by atoms with Gasteiger partial charge in [-0.15, -0.1) is 0 Å². The van der Waals surface area contributed by atoms with Gasteiger partial charge >= 0.3 is 5.97 Å². The van der Waals surface area contributed by atoms with Crippen molar-refractivity contribution in [2.45, 2.75) is 4.90 Å². The maximum atomic E-state index is 12.0. The molecule has 1 aromatic carbocycles. The highest BCUT2D eigenvalue weighted by molar-refractivity contribution is 9.10. The molecule has 0 radical (unpaired) electrons. The minimum absolute atomic E-state index is 0.00144. The van der Waals surface area contributed by atoms with Crippen LogP contribution in [-0.4, -0.2) is 32.3 Å². The Morgan fingerprint density at radius 3 is 2.57 bits per heavy atom. The maximum absolute atomic E-state index is 12.0. The number of ether oxygens (including phenoxy) is 1. The van der Waals surface area contributed by atoms with Crippen LogP contribution in [0.5, 0.6) is 0 Å². The largest absolute Gasteiger partial charge is 0.464 e. The lowest BCUT2D eigenvalue weighted by molar-refractivity contribution is 0.0593. The van der Waals surface area contributed by atoms with Gasteiger partial charge in [0.1, 0.15) is 6.07 Å². The average Bonchev–Trinajstić information content (AvgIpc) is 2.82. The Kier molecular flexibility index (Phi) is 4.49. The second-order valence-corrected chi connectivity index (χ2v) is 7.53. The maximum Gasteiger partial charge on any atom is 0.357 e. The van der Waals surface area contributed by atoms with Crippen molar-refractivity contribution in [3.05, 3.63) is 40.1 Å². The average molecular weight is 398 g/mol. The second kappa shape index (κ2) is 6.06. The summed E-state index contributed by atoms with van der Waals surface area (Å²) in [6, 6.07) is 6.21. The van der Waals surface area contributed by atoms with E-state index in [4.69, 9.17) is 15.7 Å². The Hall–Kier alpha value is -2.31. The van der Waals surface area contributed by atoms with Crippen molar-refractivity contribution in [2.24, 2.45) is 0 Å². The van der Waals surface area contributed by atoms with Crippen LogP contribution in [0.15, 0.2) is 33.8 Å². The first kappa shape index (κ1) is 17.1. The molecular weight excluding hydrogens is 386 g/mol. The third-order valence-corrected chi connectivity index (χ3v) is 4.90. The zero-order chi connectivity index (χ0) is 17.4. The van der Waals surface area contributed by atoms with Crippen molar-refractivity contribution in [3.63, 3.8) is 0 Å². The molecule has 1 heterocycles. The van der Waals surface area contributed by atoms with E-state index in [1.165, 1.54) is 36.1 Å². The fourth-order valence-electron chi connectivity index (χ4n) is 2.02. The van der Waals surface area contributed by atoms with Crippen LogP contribution in [0.25, 0.3) is 5.69 Å². The van der Waals surface area contributed by atoms with Gasteiger partial charge in [0.15, 0.2) is 15.5 Å². The first-order chi connectivity index (χ1) is 10.7. The molecule has 23 heavy (non-hydrogen) atoms. The fraction of sp³-hybridized carbons (Fsp3) is 0.143. The predicted molar refractivity (Wildman–Crippen MR) is 87.0 cm³/mol. The summed E-state index contributed by atoms with van der Waals surface area (Å²) in [4.78, 5) is 12.1. The summed E-state index contributed by atoms with van der Waals surface area (Å²) >= 11 is 3.28. The Morgan fingerprint density at radius 1 is 1.43 bits per heavy atom. The molecule has 0 bridgehead atoms. The highest BCUT2D eigenvalue weighted by atomic mass is 79.9. The van der Waals surface area contributed by atoms with Gasteiger partial charge < -0.3 is 15.0 Å². The fourth-order valence-corrected chi connectivity index (χ4v) is 3.39. The molecule has 0 aliphatic heterocycles. The Labute approximate surface area is 141 Å². The summed E-state index contributed by atoms with van der Waals surface area (Å²) in [6.45, 7) is 0. The van der Waals surface area contributed by atoms with Crippen LogP contribution >= 0.6 is 15.9 Å². The molecule has 120 valence electrons. The first-order valence-corrected chi connectivity index (χ1v) is 8.88. The molecule has 0 unspecified atom stereocenters. The predicted octanol–water partition coefficient (Wildman–Crippen LogP) is 1.88. The minimum Gasteiger partial charge on any atom is -0.464 e. The molecule has 0 saturated heterocycles. The molecule has 9 heteroatoms. The van der Waals surface area contributed by atoms with Crippen molar-refractivity contribution >= 4 is 37.4 Å². The van der Waals surface area contributed by atoms with Gasteiger partial charge in [0.2, 0.25) is 0 Å². The number of esters is 1. The van der Waals surface area contributed by atoms with Crippen LogP contribution in [0.2, 0.25) is 0 Å². The molecule has 0 aliphatic rings. The summed E-state index contributed by atoms with van der Waals surface area (Å²) in [5, 5.41) is 9.09. The molecule has 0 fully saturated rings. The van der Waals surface area contributed by atoms with Gasteiger partial charge in [-0.2, -0.15) is 5.26 Å². The molecular formula is C14H12BrN3O4S. The smallest absolute Gasteiger partial charge is 0.357 e. The molecule has 0 spiro atoms. The van der Waals surface area contributed by atoms with E-state index in [-0.39, 0.29) is 21.8 Å². The van der Waals surface area contributed by atoms with E-state index >= 15 is 0 Å². The highest BCUT2D eigenvalue weighted by Gasteiger charge is 2.23. The highest BCUT2D eigenvalue weighted by Crippen LogP contribution is 2.30. The summed E-state index contributed by atoms with van der Waals surface area (Å²) in [5.41, 5.74) is 6.38. The quantitative estimate of drug-likeness (QED) is 0.790. The number of nitrogen functional groups attached to an aromatic ring is 1. The van der Waals surface area contributed by atoms with Crippen LogP contribution in [0.1, 0.15) is 16.1 Å². The molecule has 1 aromatic heterocycles. The van der Waals surface area contributed by atoms with Crippen molar-refractivity contribution < 1.29 is 17.9 Å². The van der Waals surface area contributed by atoms with Gasteiger partial charge in [-0.25, -0.2) is 13.2 Å². The van der Waals surface area contributed by atoms with Gasteiger partial charge in [0.05, 0.1) is 28.9 Å². The van der Waals surface area contributed by atoms with Crippen LogP contribution in [-0.2, 0) is 14.6 Å². The third-order valence-electron chi connectivity index (χ3n) is 3.15. The van der Waals surface area contributed by atoms with Gasteiger partial charge in [-0.05, 0) is 34.1 Å². The van der Waals surface area contributed by atoms with E-state index in [9.17, 15) is 13.2 Å². The molecule has 2 N–H and O–H groups in total. The van der Waals surface area contributed by atoms with Crippen LogP contribution in [0.3, 0.4) is 0 Å². The van der Waals surface area contributed by atoms with E-state index in [1.807, 2.05) is 6.07 Å². The Bertz CT molecular complexity index is 942. The normalized spacial score (nSPS) is 11.0. The number of benzene rings is 1. The molecule has 0 atom stereocenters. The third kappa shape index (κ3) is 3.09. The van der Waals surface area contributed by atoms with E-state index in [0.29, 0.717) is 10.2 Å². The van der Waals surface area contributed by atoms with Crippen molar-refractivity contribution in [1.82, 2.24) is 4.57 Å². The molecule has 7 nitrogen and oxygen atoms in total. The summed E-state index contributed by atoms with van der Waals surface area (Å²) in [6.07, 6.45) is 2.48. The number of hydrogen-bond donors (Lipinski definition) is 1. The topological polar surface area (TPSA) is 115 Å². The van der Waals surface area contributed by atoms with Crippen molar-refractivity contribution in [1.29, 1.82) is 5.26 Å². The number of nitrogens with zero attached hydrogens (tertiary/aromatic N) is 2. The summed E-state index contributed by atoms with van der Waals surface area (Å²) in [7, 11) is -2.17. The number of nitrogens with two attached hydrogens (primary N) is 1.